The minimum absolute atomic E-state index is 0.242. The topological polar surface area (TPSA) is 77.0 Å². The molecule has 0 bridgehead atoms. The predicted molar refractivity (Wildman–Crippen MR) is 93.3 cm³/mol. The van der Waals surface area contributed by atoms with Gasteiger partial charge in [0, 0.05) is 12.1 Å². The van der Waals surface area contributed by atoms with Crippen molar-refractivity contribution in [1.82, 2.24) is 0 Å². The van der Waals surface area contributed by atoms with Crippen LogP contribution in [-0.4, -0.2) is 24.2 Å². The molecule has 1 N–H and O–H groups in total. The molecule has 2 aromatic rings. The molecule has 6 heteroatoms. The van der Waals surface area contributed by atoms with Gasteiger partial charge in [-0.1, -0.05) is 35.5 Å². The summed E-state index contributed by atoms with van der Waals surface area (Å²) >= 11 is 0. The fraction of sp³-hybridized carbons (Fsp3) is 0.211. The van der Waals surface area contributed by atoms with Crippen LogP contribution in [0.2, 0.25) is 0 Å². The average Bonchev–Trinajstić information content (AvgIpc) is 3.13. The van der Waals surface area contributed by atoms with Crippen LogP contribution in [0.25, 0.3) is 0 Å². The second kappa shape index (κ2) is 7.61. The van der Waals surface area contributed by atoms with E-state index in [1.54, 1.807) is 31.2 Å². The van der Waals surface area contributed by atoms with Gasteiger partial charge in [-0.2, -0.15) is 0 Å². The summed E-state index contributed by atoms with van der Waals surface area (Å²) < 4.78 is 4.92. The van der Waals surface area contributed by atoms with E-state index in [9.17, 15) is 9.59 Å². The second-order valence-corrected chi connectivity index (χ2v) is 5.50. The molecule has 2 aromatic carbocycles. The second-order valence-electron chi connectivity index (χ2n) is 5.50. The van der Waals surface area contributed by atoms with Gasteiger partial charge in [0.15, 0.2) is 6.10 Å². The van der Waals surface area contributed by atoms with Gasteiger partial charge in [0.2, 0.25) is 0 Å². The third-order valence-corrected chi connectivity index (χ3v) is 3.76. The van der Waals surface area contributed by atoms with Crippen molar-refractivity contribution in [2.75, 3.05) is 11.9 Å². The number of oxime groups is 1. The number of nitrogens with one attached hydrogen (secondary N) is 1. The van der Waals surface area contributed by atoms with Gasteiger partial charge in [0.05, 0.1) is 12.2 Å². The fourth-order valence-electron chi connectivity index (χ4n) is 2.47. The Kier molecular flexibility index (Phi) is 5.09. The number of ether oxygens (including phenoxy) is 1. The lowest BCUT2D eigenvalue weighted by molar-refractivity contribution is -0.110. The maximum atomic E-state index is 12.3. The van der Waals surface area contributed by atoms with Gasteiger partial charge in [-0.05, 0) is 36.8 Å². The Morgan fingerprint density at radius 2 is 1.88 bits per heavy atom. The van der Waals surface area contributed by atoms with E-state index in [1.165, 1.54) is 0 Å². The molecule has 1 amide bonds. The number of esters is 1. The first-order valence-electron chi connectivity index (χ1n) is 8.03. The summed E-state index contributed by atoms with van der Waals surface area (Å²) in [6, 6.07) is 16.1. The van der Waals surface area contributed by atoms with Crippen molar-refractivity contribution in [2.24, 2.45) is 5.16 Å². The molecular formula is C19H18N2O4. The van der Waals surface area contributed by atoms with Crippen LogP contribution in [0.15, 0.2) is 59.8 Å². The first-order valence-corrected chi connectivity index (χ1v) is 8.03. The van der Waals surface area contributed by atoms with Crippen LogP contribution in [0.4, 0.5) is 5.69 Å². The molecule has 1 aliphatic rings. The predicted octanol–water partition coefficient (Wildman–Crippen LogP) is 3.32. The first-order chi connectivity index (χ1) is 12.2. The largest absolute Gasteiger partial charge is 0.462 e. The minimum Gasteiger partial charge on any atom is -0.462 e. The summed E-state index contributed by atoms with van der Waals surface area (Å²) in [5.41, 5.74) is 2.32. The first kappa shape index (κ1) is 16.7. The number of amides is 1. The molecule has 25 heavy (non-hydrogen) atoms. The molecule has 0 aliphatic carbocycles. The molecule has 0 spiro atoms. The van der Waals surface area contributed by atoms with Crippen molar-refractivity contribution in [3.8, 4) is 0 Å². The summed E-state index contributed by atoms with van der Waals surface area (Å²) in [5.74, 6) is -0.707. The molecule has 3 rings (SSSR count). The van der Waals surface area contributed by atoms with Gasteiger partial charge in [-0.15, -0.1) is 0 Å². The molecule has 128 valence electrons. The Morgan fingerprint density at radius 3 is 2.56 bits per heavy atom. The van der Waals surface area contributed by atoms with Crippen LogP contribution in [0, 0.1) is 0 Å². The van der Waals surface area contributed by atoms with Gasteiger partial charge in [-0.3, -0.25) is 4.79 Å². The summed E-state index contributed by atoms with van der Waals surface area (Å²) in [4.78, 5) is 29.3. The third-order valence-electron chi connectivity index (χ3n) is 3.76. The van der Waals surface area contributed by atoms with Crippen molar-refractivity contribution in [3.05, 3.63) is 65.7 Å². The molecule has 6 nitrogen and oxygen atoms in total. The standard InChI is InChI=1S/C19H18N2O4/c1-2-24-19(23)14-8-10-15(11-9-14)20-18(22)16-12-17(25-21-16)13-6-4-3-5-7-13/h3-11,17H,2,12H2,1H3,(H,20,22). The van der Waals surface area contributed by atoms with E-state index in [2.05, 4.69) is 10.5 Å². The van der Waals surface area contributed by atoms with Crippen LogP contribution in [-0.2, 0) is 14.4 Å². The quantitative estimate of drug-likeness (QED) is 0.849. The zero-order chi connectivity index (χ0) is 17.6. The highest BCUT2D eigenvalue weighted by Gasteiger charge is 2.27. The lowest BCUT2D eigenvalue weighted by Crippen LogP contribution is -2.21. The van der Waals surface area contributed by atoms with E-state index >= 15 is 0 Å². The van der Waals surface area contributed by atoms with Crippen molar-refractivity contribution >= 4 is 23.3 Å². The van der Waals surface area contributed by atoms with E-state index in [1.807, 2.05) is 30.3 Å². The van der Waals surface area contributed by atoms with Gasteiger partial charge < -0.3 is 14.9 Å². The Labute approximate surface area is 145 Å². The number of rotatable bonds is 5. The summed E-state index contributed by atoms with van der Waals surface area (Å²) in [6.07, 6.45) is 0.171. The van der Waals surface area contributed by atoms with Gasteiger partial charge in [0.1, 0.15) is 5.71 Å². The smallest absolute Gasteiger partial charge is 0.338 e. The zero-order valence-electron chi connectivity index (χ0n) is 13.8. The fourth-order valence-corrected chi connectivity index (χ4v) is 2.47. The average molecular weight is 338 g/mol. The number of carbonyl (C=O) groups is 2. The van der Waals surface area contributed by atoms with Crippen molar-refractivity contribution in [1.29, 1.82) is 0 Å². The molecule has 0 saturated heterocycles. The highest BCUT2D eigenvalue weighted by Crippen LogP contribution is 2.27. The van der Waals surface area contributed by atoms with Crippen LogP contribution in [0.3, 0.4) is 0 Å². The monoisotopic (exact) mass is 338 g/mol. The lowest BCUT2D eigenvalue weighted by Gasteiger charge is -2.08. The Balaban J connectivity index is 1.59. The van der Waals surface area contributed by atoms with Crippen molar-refractivity contribution in [3.63, 3.8) is 0 Å². The molecule has 0 fully saturated rings. The third kappa shape index (κ3) is 4.03. The lowest BCUT2D eigenvalue weighted by atomic mass is 10.0. The Hall–Kier alpha value is -3.15. The summed E-state index contributed by atoms with van der Waals surface area (Å²) in [6.45, 7) is 2.07. The van der Waals surface area contributed by atoms with Crippen LogP contribution in [0.5, 0.6) is 0 Å². The molecule has 1 atom stereocenters. The number of nitrogens with zero attached hydrogens (tertiary/aromatic N) is 1. The number of hydrogen-bond acceptors (Lipinski definition) is 5. The maximum absolute atomic E-state index is 12.3. The van der Waals surface area contributed by atoms with E-state index in [0.717, 1.165) is 5.56 Å². The number of anilines is 1. The Morgan fingerprint density at radius 1 is 1.16 bits per heavy atom. The van der Waals surface area contributed by atoms with Crippen LogP contribution in [0.1, 0.15) is 35.4 Å². The van der Waals surface area contributed by atoms with E-state index < -0.39 is 0 Å². The normalized spacial score (nSPS) is 15.9. The van der Waals surface area contributed by atoms with Crippen molar-refractivity contribution < 1.29 is 19.2 Å². The number of carbonyl (C=O) groups excluding carboxylic acids is 2. The molecule has 0 aromatic heterocycles. The highest BCUT2D eigenvalue weighted by molar-refractivity contribution is 6.43. The van der Waals surface area contributed by atoms with E-state index in [0.29, 0.717) is 30.0 Å². The molecule has 0 radical (unpaired) electrons. The molecule has 1 heterocycles. The summed E-state index contributed by atoms with van der Waals surface area (Å²) in [5, 5.41) is 6.64. The zero-order valence-corrected chi connectivity index (χ0v) is 13.8. The highest BCUT2D eigenvalue weighted by atomic mass is 16.6. The number of hydrogen-bond donors (Lipinski definition) is 1. The van der Waals surface area contributed by atoms with Gasteiger partial charge in [-0.25, -0.2) is 4.79 Å². The minimum atomic E-state index is -0.389. The van der Waals surface area contributed by atoms with Crippen LogP contribution >= 0.6 is 0 Å². The van der Waals surface area contributed by atoms with E-state index in [4.69, 9.17) is 9.57 Å². The van der Waals surface area contributed by atoms with Gasteiger partial charge >= 0.3 is 5.97 Å². The van der Waals surface area contributed by atoms with E-state index in [-0.39, 0.29) is 18.0 Å². The molecule has 0 saturated carbocycles. The molecule has 1 aliphatic heterocycles. The van der Waals surface area contributed by atoms with Crippen molar-refractivity contribution in [2.45, 2.75) is 19.4 Å². The SMILES string of the molecule is CCOC(=O)c1ccc(NC(=O)C2=NOC(c3ccccc3)C2)cc1. The summed E-state index contributed by atoms with van der Waals surface area (Å²) in [7, 11) is 0. The Bertz CT molecular complexity index is 785. The molecular weight excluding hydrogens is 320 g/mol. The number of benzene rings is 2. The molecule has 1 unspecified atom stereocenters. The maximum Gasteiger partial charge on any atom is 0.338 e. The van der Waals surface area contributed by atoms with Gasteiger partial charge in [0.25, 0.3) is 5.91 Å². The van der Waals surface area contributed by atoms with Crippen LogP contribution < -0.4 is 5.32 Å².